The summed E-state index contributed by atoms with van der Waals surface area (Å²) in [5, 5.41) is 0. The minimum atomic E-state index is -4.00. The second-order valence-corrected chi connectivity index (χ2v) is 6.78. The van der Waals surface area contributed by atoms with Crippen LogP contribution in [0, 0.1) is 0 Å². The Bertz CT molecular complexity index is 781. The molecule has 0 bridgehead atoms. The van der Waals surface area contributed by atoms with Crippen LogP contribution in [0.1, 0.15) is 36.0 Å². The molecule has 0 spiro atoms. The minimum Gasteiger partial charge on any atom is -0.200 e. The van der Waals surface area contributed by atoms with Crippen molar-refractivity contribution in [1.82, 2.24) is 0 Å². The van der Waals surface area contributed by atoms with Crippen molar-refractivity contribution in [3.8, 4) is 0 Å². The van der Waals surface area contributed by atoms with E-state index in [-0.39, 0.29) is 5.56 Å². The molecule has 25 heavy (non-hydrogen) atoms. The van der Waals surface area contributed by atoms with Gasteiger partial charge >= 0.3 is 11.8 Å². The van der Waals surface area contributed by atoms with Crippen LogP contribution >= 0.6 is 0 Å². The first kappa shape index (κ1) is 17.7. The Morgan fingerprint density at radius 3 is 2.20 bits per heavy atom. The van der Waals surface area contributed by atoms with Crippen LogP contribution < -0.4 is 0 Å². The minimum absolute atomic E-state index is 0.288. The molecule has 1 aromatic rings. The van der Waals surface area contributed by atoms with E-state index >= 15 is 0 Å². The molecule has 1 aromatic carbocycles. The molecular formula is C21H20F4. The molecule has 0 radical (unpaired) electrons. The lowest BCUT2D eigenvalue weighted by Crippen LogP contribution is -2.47. The molecule has 0 atom stereocenters. The van der Waals surface area contributed by atoms with Crippen LogP contribution in [0.2, 0.25) is 0 Å². The average molecular weight is 348 g/mol. The number of hydrogen-bond donors (Lipinski definition) is 0. The van der Waals surface area contributed by atoms with E-state index in [1.54, 1.807) is 12.1 Å². The molecule has 0 unspecified atom stereocenters. The summed E-state index contributed by atoms with van der Waals surface area (Å²) in [5.74, 6) is -7.99. The molecule has 4 heteroatoms. The standard InChI is InChI=1S/C21H20F4/c1-14(16-5-3-4-6-16)7-8-15(2)17-9-10-18-12-20(22,23)21(24,25)13-19(18)11-17/h3-5,9-11H,1-2,6-8,12-13H2. The second kappa shape index (κ2) is 6.32. The third-order valence-corrected chi connectivity index (χ3v) is 4.93. The van der Waals surface area contributed by atoms with Crippen molar-refractivity contribution in [2.45, 2.75) is 43.9 Å². The highest BCUT2D eigenvalue weighted by atomic mass is 19.3. The highest BCUT2D eigenvalue weighted by Crippen LogP contribution is 2.44. The van der Waals surface area contributed by atoms with E-state index in [2.05, 4.69) is 19.2 Å². The number of halogens is 4. The molecule has 2 aliphatic carbocycles. The molecule has 0 fully saturated rings. The summed E-state index contributed by atoms with van der Waals surface area (Å²) in [6.45, 7) is 8.10. The summed E-state index contributed by atoms with van der Waals surface area (Å²) >= 11 is 0. The van der Waals surface area contributed by atoms with Crippen LogP contribution in [0.5, 0.6) is 0 Å². The first-order chi connectivity index (χ1) is 11.7. The first-order valence-corrected chi connectivity index (χ1v) is 8.29. The maximum Gasteiger partial charge on any atom is 0.314 e. The Balaban J connectivity index is 1.70. The van der Waals surface area contributed by atoms with E-state index in [0.717, 1.165) is 29.6 Å². The van der Waals surface area contributed by atoms with Crippen molar-refractivity contribution in [1.29, 1.82) is 0 Å². The molecule has 0 aromatic heterocycles. The molecule has 0 saturated heterocycles. The van der Waals surface area contributed by atoms with Crippen molar-refractivity contribution in [2.75, 3.05) is 0 Å². The molecule has 0 heterocycles. The molecule has 0 aliphatic heterocycles. The monoisotopic (exact) mass is 348 g/mol. The van der Waals surface area contributed by atoms with Crippen LogP contribution in [-0.4, -0.2) is 11.8 Å². The fourth-order valence-electron chi connectivity index (χ4n) is 3.24. The summed E-state index contributed by atoms with van der Waals surface area (Å²) in [5.41, 5.74) is 4.34. The number of fused-ring (bicyclic) bond motifs is 1. The third kappa shape index (κ3) is 3.48. The Morgan fingerprint density at radius 1 is 0.920 bits per heavy atom. The Morgan fingerprint density at radius 2 is 1.56 bits per heavy atom. The molecule has 2 aliphatic rings. The van der Waals surface area contributed by atoms with E-state index < -0.39 is 24.7 Å². The van der Waals surface area contributed by atoms with E-state index in [1.165, 1.54) is 11.6 Å². The lowest BCUT2D eigenvalue weighted by atomic mass is 9.84. The SMILES string of the molecule is C=C(CCC(=C)c1ccc2c(c1)CC(F)(F)C(F)(F)C2)C1=CC=CC1. The zero-order valence-corrected chi connectivity index (χ0v) is 13.9. The van der Waals surface area contributed by atoms with Gasteiger partial charge < -0.3 is 0 Å². The van der Waals surface area contributed by atoms with Gasteiger partial charge in [0.15, 0.2) is 0 Å². The van der Waals surface area contributed by atoms with Gasteiger partial charge in [-0.1, -0.05) is 55.2 Å². The first-order valence-electron chi connectivity index (χ1n) is 8.29. The van der Waals surface area contributed by atoms with Gasteiger partial charge in [0.2, 0.25) is 0 Å². The summed E-state index contributed by atoms with van der Waals surface area (Å²) < 4.78 is 54.2. The van der Waals surface area contributed by atoms with Gasteiger partial charge in [-0.05, 0) is 47.1 Å². The Hall–Kier alpha value is -2.10. The van der Waals surface area contributed by atoms with E-state index in [0.29, 0.717) is 12.0 Å². The van der Waals surface area contributed by atoms with E-state index in [9.17, 15) is 17.6 Å². The van der Waals surface area contributed by atoms with Crippen LogP contribution in [0.3, 0.4) is 0 Å². The highest BCUT2D eigenvalue weighted by molar-refractivity contribution is 5.65. The van der Waals surface area contributed by atoms with Gasteiger partial charge in [-0.25, -0.2) is 0 Å². The zero-order chi connectivity index (χ0) is 18.2. The average Bonchev–Trinajstić information content (AvgIpc) is 3.07. The molecular weight excluding hydrogens is 328 g/mol. The number of benzene rings is 1. The smallest absolute Gasteiger partial charge is 0.200 e. The van der Waals surface area contributed by atoms with Crippen molar-refractivity contribution in [3.05, 3.63) is 77.4 Å². The third-order valence-electron chi connectivity index (χ3n) is 4.93. The largest absolute Gasteiger partial charge is 0.314 e. The predicted octanol–water partition coefficient (Wildman–Crippen LogP) is 6.29. The zero-order valence-electron chi connectivity index (χ0n) is 13.9. The summed E-state index contributed by atoms with van der Waals surface area (Å²) in [6.07, 6.45) is 6.52. The van der Waals surface area contributed by atoms with Crippen molar-refractivity contribution < 1.29 is 17.6 Å². The predicted molar refractivity (Wildman–Crippen MR) is 93.0 cm³/mol. The number of alkyl halides is 4. The number of rotatable bonds is 5. The Labute approximate surface area is 145 Å². The van der Waals surface area contributed by atoms with Gasteiger partial charge in [0.1, 0.15) is 0 Å². The maximum absolute atomic E-state index is 13.6. The van der Waals surface area contributed by atoms with Crippen molar-refractivity contribution in [2.24, 2.45) is 0 Å². The van der Waals surface area contributed by atoms with Gasteiger partial charge in [-0.3, -0.25) is 0 Å². The molecule has 0 amide bonds. The molecule has 3 rings (SSSR count). The van der Waals surface area contributed by atoms with Gasteiger partial charge in [-0.2, -0.15) is 17.6 Å². The number of allylic oxidation sites excluding steroid dienone is 6. The lowest BCUT2D eigenvalue weighted by molar-refractivity contribution is -0.211. The van der Waals surface area contributed by atoms with Gasteiger partial charge in [0.05, 0.1) is 0 Å². The van der Waals surface area contributed by atoms with Crippen molar-refractivity contribution in [3.63, 3.8) is 0 Å². The van der Waals surface area contributed by atoms with Crippen LogP contribution in [0.25, 0.3) is 5.57 Å². The lowest BCUT2D eigenvalue weighted by Gasteiger charge is -2.32. The van der Waals surface area contributed by atoms with Gasteiger partial charge in [0.25, 0.3) is 0 Å². The fraction of sp³-hybridized carbons (Fsp3) is 0.333. The summed E-state index contributed by atoms with van der Waals surface area (Å²) in [7, 11) is 0. The van der Waals surface area contributed by atoms with E-state index in [4.69, 9.17) is 0 Å². The summed E-state index contributed by atoms with van der Waals surface area (Å²) in [6, 6.07) is 4.80. The molecule has 0 nitrogen and oxygen atoms in total. The van der Waals surface area contributed by atoms with Gasteiger partial charge in [0, 0.05) is 12.8 Å². The normalized spacial score (nSPS) is 20.1. The van der Waals surface area contributed by atoms with Crippen molar-refractivity contribution >= 4 is 5.57 Å². The van der Waals surface area contributed by atoms with Crippen LogP contribution in [0.4, 0.5) is 17.6 Å². The highest BCUT2D eigenvalue weighted by Gasteiger charge is 2.58. The second-order valence-electron chi connectivity index (χ2n) is 6.78. The quantitative estimate of drug-likeness (QED) is 0.548. The molecule has 0 N–H and O–H groups in total. The topological polar surface area (TPSA) is 0 Å². The van der Waals surface area contributed by atoms with Crippen LogP contribution in [0.15, 0.2) is 60.7 Å². The molecule has 0 saturated carbocycles. The number of hydrogen-bond acceptors (Lipinski definition) is 0. The molecule has 132 valence electrons. The van der Waals surface area contributed by atoms with E-state index in [1.807, 2.05) is 12.2 Å². The summed E-state index contributed by atoms with van der Waals surface area (Å²) in [4.78, 5) is 0. The van der Waals surface area contributed by atoms with Gasteiger partial charge in [-0.15, -0.1) is 0 Å². The maximum atomic E-state index is 13.6. The van der Waals surface area contributed by atoms with Crippen LogP contribution in [-0.2, 0) is 12.8 Å². The Kier molecular flexibility index (Phi) is 4.48. The fourth-order valence-corrected chi connectivity index (χ4v) is 3.24.